The fourth-order valence-corrected chi connectivity index (χ4v) is 1.46. The van der Waals surface area contributed by atoms with Gasteiger partial charge >= 0.3 is 0 Å². The molecule has 0 aliphatic rings. The summed E-state index contributed by atoms with van der Waals surface area (Å²) < 4.78 is 0. The summed E-state index contributed by atoms with van der Waals surface area (Å²) in [4.78, 5) is 0. The lowest BCUT2D eigenvalue weighted by Gasteiger charge is -2.03. The van der Waals surface area contributed by atoms with Crippen LogP contribution < -0.4 is 5.73 Å². The highest BCUT2D eigenvalue weighted by Gasteiger charge is 1.96. The molecule has 1 nitrogen and oxygen atoms in total. The number of nitrogens with two attached hydrogens (primary N) is 1. The highest BCUT2D eigenvalue weighted by molar-refractivity contribution is 9.09. The number of allylic oxidation sites excluding steroid dienone is 1. The third-order valence-corrected chi connectivity index (χ3v) is 2.38. The highest BCUT2D eigenvalue weighted by Crippen LogP contribution is 2.17. The van der Waals surface area contributed by atoms with Crippen LogP contribution in [-0.2, 0) is 0 Å². The SMILES string of the molecule is Cc1cccc(N)c1C=CCCBr. The molecule has 1 rings (SSSR count). The van der Waals surface area contributed by atoms with Crippen LogP contribution in [0.25, 0.3) is 6.08 Å². The minimum absolute atomic E-state index is 0.853. The Bertz CT molecular complexity index is 285. The van der Waals surface area contributed by atoms with E-state index in [0.29, 0.717) is 0 Å². The summed E-state index contributed by atoms with van der Waals surface area (Å²) in [5.41, 5.74) is 9.06. The Balaban J connectivity index is 2.87. The molecular formula is C11H14BrN. The molecule has 0 amide bonds. The van der Waals surface area contributed by atoms with Crippen LogP contribution in [0.5, 0.6) is 0 Å². The normalized spacial score (nSPS) is 10.9. The standard InChI is InChI=1S/C11H14BrN/c1-9-5-4-7-11(13)10(9)6-2-3-8-12/h2,4-7H,3,8,13H2,1H3. The largest absolute Gasteiger partial charge is 0.398 e. The van der Waals surface area contributed by atoms with Gasteiger partial charge in [0.25, 0.3) is 0 Å². The predicted molar refractivity (Wildman–Crippen MR) is 63.0 cm³/mol. The summed E-state index contributed by atoms with van der Waals surface area (Å²) in [6, 6.07) is 5.98. The van der Waals surface area contributed by atoms with Gasteiger partial charge in [0, 0.05) is 11.0 Å². The van der Waals surface area contributed by atoms with Crippen LogP contribution in [0, 0.1) is 6.92 Å². The lowest BCUT2D eigenvalue weighted by Crippen LogP contribution is -1.91. The molecule has 0 aliphatic carbocycles. The molecule has 2 N–H and O–H groups in total. The van der Waals surface area contributed by atoms with Crippen molar-refractivity contribution in [2.24, 2.45) is 0 Å². The Kier molecular flexibility index (Phi) is 4.03. The summed E-state index contributed by atoms with van der Waals surface area (Å²) in [6.07, 6.45) is 5.26. The van der Waals surface area contributed by atoms with E-state index in [-0.39, 0.29) is 0 Å². The Hall–Kier alpha value is -0.760. The van der Waals surface area contributed by atoms with Crippen LogP contribution in [0.1, 0.15) is 17.5 Å². The first-order valence-corrected chi connectivity index (χ1v) is 5.45. The number of anilines is 1. The van der Waals surface area contributed by atoms with Crippen LogP contribution in [0.2, 0.25) is 0 Å². The molecule has 0 aliphatic heterocycles. The molecule has 1 aromatic rings. The van der Waals surface area contributed by atoms with E-state index in [4.69, 9.17) is 5.73 Å². The summed E-state index contributed by atoms with van der Waals surface area (Å²) in [6.45, 7) is 2.07. The first-order chi connectivity index (χ1) is 6.25. The van der Waals surface area contributed by atoms with Gasteiger partial charge in [0.2, 0.25) is 0 Å². The van der Waals surface area contributed by atoms with E-state index in [1.807, 2.05) is 12.1 Å². The van der Waals surface area contributed by atoms with Crippen molar-refractivity contribution in [2.45, 2.75) is 13.3 Å². The first-order valence-electron chi connectivity index (χ1n) is 4.33. The van der Waals surface area contributed by atoms with Gasteiger partial charge in [-0.15, -0.1) is 0 Å². The summed E-state index contributed by atoms with van der Waals surface area (Å²) >= 11 is 3.38. The number of alkyl halides is 1. The zero-order valence-electron chi connectivity index (χ0n) is 7.76. The molecule has 0 unspecified atom stereocenters. The number of hydrogen-bond donors (Lipinski definition) is 1. The molecule has 0 radical (unpaired) electrons. The first kappa shape index (κ1) is 10.3. The van der Waals surface area contributed by atoms with Gasteiger partial charge in [-0.2, -0.15) is 0 Å². The van der Waals surface area contributed by atoms with E-state index in [1.165, 1.54) is 5.56 Å². The van der Waals surface area contributed by atoms with E-state index < -0.39 is 0 Å². The van der Waals surface area contributed by atoms with Crippen molar-refractivity contribution in [3.05, 3.63) is 35.4 Å². The smallest absolute Gasteiger partial charge is 0.0390 e. The van der Waals surface area contributed by atoms with E-state index in [2.05, 4.69) is 41.1 Å². The number of halogens is 1. The molecule has 70 valence electrons. The Labute approximate surface area is 87.8 Å². The van der Waals surface area contributed by atoms with E-state index >= 15 is 0 Å². The second-order valence-corrected chi connectivity index (χ2v) is 3.75. The predicted octanol–water partition coefficient (Wildman–Crippen LogP) is 3.38. The highest BCUT2D eigenvalue weighted by atomic mass is 79.9. The molecule has 13 heavy (non-hydrogen) atoms. The maximum atomic E-state index is 5.84. The van der Waals surface area contributed by atoms with E-state index in [9.17, 15) is 0 Å². The molecule has 0 aromatic heterocycles. The van der Waals surface area contributed by atoms with Crippen molar-refractivity contribution in [1.29, 1.82) is 0 Å². The quantitative estimate of drug-likeness (QED) is 0.636. The Morgan fingerprint density at radius 2 is 2.23 bits per heavy atom. The van der Waals surface area contributed by atoms with Gasteiger partial charge in [0.1, 0.15) is 0 Å². The summed E-state index contributed by atoms with van der Waals surface area (Å²) in [7, 11) is 0. The second-order valence-electron chi connectivity index (χ2n) is 2.96. The minimum Gasteiger partial charge on any atom is -0.398 e. The average molecular weight is 240 g/mol. The van der Waals surface area contributed by atoms with Crippen LogP contribution in [-0.4, -0.2) is 5.33 Å². The van der Waals surface area contributed by atoms with Gasteiger partial charge in [0.05, 0.1) is 0 Å². The number of nitrogen functional groups attached to an aromatic ring is 1. The van der Waals surface area contributed by atoms with Gasteiger partial charge in [0.15, 0.2) is 0 Å². The molecule has 0 heterocycles. The molecule has 0 saturated carbocycles. The Morgan fingerprint density at radius 1 is 1.46 bits per heavy atom. The third kappa shape index (κ3) is 2.88. The van der Waals surface area contributed by atoms with Crippen LogP contribution >= 0.6 is 15.9 Å². The fraction of sp³-hybridized carbons (Fsp3) is 0.273. The number of hydrogen-bond acceptors (Lipinski definition) is 1. The molecule has 0 spiro atoms. The summed E-state index contributed by atoms with van der Waals surface area (Å²) in [5, 5.41) is 0.995. The molecular weight excluding hydrogens is 226 g/mol. The van der Waals surface area contributed by atoms with Crippen LogP contribution in [0.4, 0.5) is 5.69 Å². The van der Waals surface area contributed by atoms with Crippen molar-refractivity contribution in [1.82, 2.24) is 0 Å². The van der Waals surface area contributed by atoms with Crippen molar-refractivity contribution in [2.75, 3.05) is 11.1 Å². The average Bonchev–Trinajstić information content (AvgIpc) is 2.10. The van der Waals surface area contributed by atoms with Gasteiger partial charge in [-0.1, -0.05) is 40.2 Å². The van der Waals surface area contributed by atoms with Gasteiger partial charge in [-0.25, -0.2) is 0 Å². The van der Waals surface area contributed by atoms with Gasteiger partial charge in [-0.3, -0.25) is 0 Å². The maximum Gasteiger partial charge on any atom is 0.0390 e. The number of rotatable bonds is 3. The van der Waals surface area contributed by atoms with Crippen molar-refractivity contribution < 1.29 is 0 Å². The number of benzene rings is 1. The second kappa shape index (κ2) is 5.07. The topological polar surface area (TPSA) is 26.0 Å². The van der Waals surface area contributed by atoms with Gasteiger partial charge < -0.3 is 5.73 Å². The monoisotopic (exact) mass is 239 g/mol. The molecule has 0 fully saturated rings. The zero-order chi connectivity index (χ0) is 9.68. The molecule has 1 aromatic carbocycles. The lowest BCUT2D eigenvalue weighted by molar-refractivity contribution is 1.27. The van der Waals surface area contributed by atoms with Gasteiger partial charge in [-0.05, 0) is 30.5 Å². The fourth-order valence-electron chi connectivity index (χ4n) is 1.20. The molecule has 0 bridgehead atoms. The zero-order valence-corrected chi connectivity index (χ0v) is 9.34. The van der Waals surface area contributed by atoms with E-state index in [1.54, 1.807) is 0 Å². The maximum absolute atomic E-state index is 5.84. The Morgan fingerprint density at radius 3 is 2.85 bits per heavy atom. The molecule has 2 heteroatoms. The van der Waals surface area contributed by atoms with Crippen molar-refractivity contribution in [3.63, 3.8) is 0 Å². The third-order valence-electron chi connectivity index (χ3n) is 1.92. The molecule has 0 atom stereocenters. The van der Waals surface area contributed by atoms with Crippen LogP contribution in [0.15, 0.2) is 24.3 Å². The van der Waals surface area contributed by atoms with E-state index in [0.717, 1.165) is 23.0 Å². The lowest BCUT2D eigenvalue weighted by atomic mass is 10.1. The minimum atomic E-state index is 0.853. The van der Waals surface area contributed by atoms with Crippen molar-refractivity contribution >= 4 is 27.7 Å². The molecule has 0 saturated heterocycles. The summed E-state index contributed by atoms with van der Waals surface area (Å²) in [5.74, 6) is 0. The number of aryl methyl sites for hydroxylation is 1. The van der Waals surface area contributed by atoms with Crippen LogP contribution in [0.3, 0.4) is 0 Å². The van der Waals surface area contributed by atoms with Crippen molar-refractivity contribution in [3.8, 4) is 0 Å².